The Hall–Kier alpha value is -1.38. The first kappa shape index (κ1) is 19.7. The number of hydrogen-bond acceptors (Lipinski definition) is 4. The average molecular weight is 364 g/mol. The van der Waals surface area contributed by atoms with Crippen molar-refractivity contribution in [3.05, 3.63) is 35.4 Å². The van der Waals surface area contributed by atoms with Crippen LogP contribution in [0.1, 0.15) is 15.9 Å². The highest BCUT2D eigenvalue weighted by Gasteiger charge is 2.43. The largest absolute Gasteiger partial charge is 0.412 e. The van der Waals surface area contributed by atoms with Crippen molar-refractivity contribution < 1.29 is 44.7 Å². The van der Waals surface area contributed by atoms with E-state index >= 15 is 0 Å². The summed E-state index contributed by atoms with van der Waals surface area (Å²) in [4.78, 5) is 12.0. The second-order valence-electron chi connectivity index (χ2n) is 4.45. The van der Waals surface area contributed by atoms with Gasteiger partial charge in [0, 0.05) is 5.56 Å². The molecule has 0 N–H and O–H groups in total. The molecular weight excluding hydrogens is 353 g/mol. The molecule has 0 bridgehead atoms. The van der Waals surface area contributed by atoms with Crippen molar-refractivity contribution in [1.29, 1.82) is 0 Å². The maximum atomic E-state index is 12.1. The normalized spacial score (nSPS) is 13.2. The minimum atomic E-state index is -5.32. The molecular formula is C12H11F6O4P. The molecule has 0 amide bonds. The van der Waals surface area contributed by atoms with E-state index in [2.05, 4.69) is 9.05 Å². The number of hydrogen-bond donors (Lipinski definition) is 0. The van der Waals surface area contributed by atoms with Crippen LogP contribution < -0.4 is 0 Å². The molecule has 11 heteroatoms. The third-order valence-corrected chi connectivity index (χ3v) is 4.04. The van der Waals surface area contributed by atoms with Crippen molar-refractivity contribution in [2.24, 2.45) is 0 Å². The van der Waals surface area contributed by atoms with Crippen LogP contribution >= 0.6 is 7.60 Å². The molecule has 1 aromatic rings. The van der Waals surface area contributed by atoms with E-state index in [1.54, 1.807) is 6.92 Å². The second-order valence-corrected chi connectivity index (χ2v) is 6.36. The molecule has 4 nitrogen and oxygen atoms in total. The van der Waals surface area contributed by atoms with Crippen molar-refractivity contribution in [3.63, 3.8) is 0 Å². The van der Waals surface area contributed by atoms with Crippen LogP contribution in [0.15, 0.2) is 24.3 Å². The number of alkyl halides is 6. The van der Waals surface area contributed by atoms with E-state index in [-0.39, 0.29) is 5.56 Å². The van der Waals surface area contributed by atoms with Gasteiger partial charge in [-0.05, 0) is 6.92 Å². The Morgan fingerprint density at radius 2 is 1.35 bits per heavy atom. The first-order chi connectivity index (χ1) is 10.3. The van der Waals surface area contributed by atoms with Gasteiger partial charge in [-0.3, -0.25) is 18.4 Å². The lowest BCUT2D eigenvalue weighted by Gasteiger charge is -2.19. The Morgan fingerprint density at radius 3 is 1.70 bits per heavy atom. The van der Waals surface area contributed by atoms with E-state index in [4.69, 9.17) is 0 Å². The van der Waals surface area contributed by atoms with Crippen molar-refractivity contribution in [3.8, 4) is 0 Å². The smallest absolute Gasteiger partial charge is 0.293 e. The van der Waals surface area contributed by atoms with Crippen LogP contribution in [0.2, 0.25) is 0 Å². The Kier molecular flexibility index (Phi) is 6.00. The van der Waals surface area contributed by atoms with E-state index in [1.165, 1.54) is 12.1 Å². The Morgan fingerprint density at radius 1 is 0.957 bits per heavy atom. The van der Waals surface area contributed by atoms with Crippen LogP contribution in [0, 0.1) is 6.92 Å². The summed E-state index contributed by atoms with van der Waals surface area (Å²) in [5.41, 5.74) is -1.29. The highest BCUT2D eigenvalue weighted by molar-refractivity contribution is 7.72. The molecule has 0 unspecified atom stereocenters. The van der Waals surface area contributed by atoms with Crippen LogP contribution in [0.4, 0.5) is 26.3 Å². The Balaban J connectivity index is 3.04. The molecule has 0 radical (unpaired) electrons. The number of benzene rings is 1. The van der Waals surface area contributed by atoms with Gasteiger partial charge >= 0.3 is 19.9 Å². The molecule has 1 aromatic carbocycles. The number of halogens is 6. The summed E-state index contributed by atoms with van der Waals surface area (Å²) in [6, 6.07) is 4.92. The van der Waals surface area contributed by atoms with Crippen LogP contribution in [0.5, 0.6) is 0 Å². The van der Waals surface area contributed by atoms with Crippen LogP contribution in [-0.4, -0.2) is 31.1 Å². The highest BCUT2D eigenvalue weighted by atomic mass is 31.2. The zero-order valence-corrected chi connectivity index (χ0v) is 12.5. The topological polar surface area (TPSA) is 52.6 Å². The summed E-state index contributed by atoms with van der Waals surface area (Å²) in [6.45, 7) is -2.73. The van der Waals surface area contributed by atoms with Gasteiger partial charge in [-0.25, -0.2) is 0 Å². The summed E-state index contributed by atoms with van der Waals surface area (Å²) in [6.07, 6.45) is -9.99. The first-order valence-corrected chi connectivity index (χ1v) is 7.51. The third-order valence-electron chi connectivity index (χ3n) is 2.34. The molecule has 0 heterocycles. The summed E-state index contributed by atoms with van der Waals surface area (Å²) in [5.74, 6) is 0. The summed E-state index contributed by atoms with van der Waals surface area (Å²) >= 11 is 0. The maximum absolute atomic E-state index is 12.1. The van der Waals surface area contributed by atoms with Crippen molar-refractivity contribution >= 4 is 13.1 Å². The number of carbonyl (C=O) groups excluding carboxylic acids is 1. The van der Waals surface area contributed by atoms with Gasteiger partial charge in [0.05, 0.1) is 0 Å². The summed E-state index contributed by atoms with van der Waals surface area (Å²) in [5, 5.41) is 0. The van der Waals surface area contributed by atoms with E-state index in [0.29, 0.717) is 5.56 Å². The first-order valence-electron chi connectivity index (χ1n) is 5.97. The van der Waals surface area contributed by atoms with Crippen molar-refractivity contribution in [1.82, 2.24) is 0 Å². The van der Waals surface area contributed by atoms with Gasteiger partial charge in [0.1, 0.15) is 0 Å². The van der Waals surface area contributed by atoms with Gasteiger partial charge in [0.25, 0.3) is 5.52 Å². The van der Waals surface area contributed by atoms with Gasteiger partial charge in [0.15, 0.2) is 13.2 Å². The van der Waals surface area contributed by atoms with Crippen LogP contribution in [-0.2, 0) is 13.6 Å². The standard InChI is InChI=1S/C12H11F6O4P/c1-8-2-4-9(5-3-8)10(19)23(20,21-6-11(13,14)15)22-7-12(16,17)18/h2-5H,6-7H2,1H3. The van der Waals surface area contributed by atoms with Crippen molar-refractivity contribution in [2.75, 3.05) is 13.2 Å². The molecule has 0 atom stereocenters. The highest BCUT2D eigenvalue weighted by Crippen LogP contribution is 2.53. The van der Waals surface area contributed by atoms with Gasteiger partial charge in [-0.1, -0.05) is 29.8 Å². The molecule has 130 valence electrons. The lowest BCUT2D eigenvalue weighted by atomic mass is 10.2. The predicted molar refractivity (Wildman–Crippen MR) is 67.1 cm³/mol. The van der Waals surface area contributed by atoms with Crippen LogP contribution in [0.25, 0.3) is 0 Å². The Bertz CT molecular complexity index is 571. The molecule has 0 saturated heterocycles. The fraction of sp³-hybridized carbons (Fsp3) is 0.417. The zero-order valence-electron chi connectivity index (χ0n) is 11.6. The van der Waals surface area contributed by atoms with Gasteiger partial charge in [0.2, 0.25) is 0 Å². The molecule has 0 aliphatic rings. The lowest BCUT2D eigenvalue weighted by Crippen LogP contribution is -2.22. The second kappa shape index (κ2) is 7.02. The zero-order chi connectivity index (χ0) is 17.9. The van der Waals surface area contributed by atoms with E-state index in [0.717, 1.165) is 12.1 Å². The van der Waals surface area contributed by atoms with E-state index < -0.39 is 38.7 Å². The average Bonchev–Trinajstić information content (AvgIpc) is 2.41. The molecule has 1 rings (SSSR count). The van der Waals surface area contributed by atoms with Gasteiger partial charge in [-0.15, -0.1) is 0 Å². The molecule has 0 aliphatic carbocycles. The summed E-state index contributed by atoms with van der Waals surface area (Å²) < 4.78 is 92.8. The monoisotopic (exact) mass is 364 g/mol. The van der Waals surface area contributed by atoms with E-state index in [1.807, 2.05) is 0 Å². The van der Waals surface area contributed by atoms with Crippen molar-refractivity contribution in [2.45, 2.75) is 19.3 Å². The predicted octanol–water partition coefficient (Wildman–Crippen LogP) is 4.49. The fourth-order valence-corrected chi connectivity index (χ4v) is 2.73. The van der Waals surface area contributed by atoms with Crippen LogP contribution in [0.3, 0.4) is 0 Å². The minimum absolute atomic E-state index is 0.386. The fourth-order valence-electron chi connectivity index (χ4n) is 1.33. The molecule has 23 heavy (non-hydrogen) atoms. The molecule has 0 saturated carbocycles. The summed E-state index contributed by atoms with van der Waals surface area (Å²) in [7, 11) is -5.32. The molecule has 0 spiro atoms. The number of aryl methyl sites for hydroxylation is 1. The third kappa shape index (κ3) is 6.72. The molecule has 0 aromatic heterocycles. The lowest BCUT2D eigenvalue weighted by molar-refractivity contribution is -0.164. The minimum Gasteiger partial charge on any atom is -0.293 e. The number of rotatable bonds is 6. The van der Waals surface area contributed by atoms with E-state index in [9.17, 15) is 35.7 Å². The Labute approximate surface area is 126 Å². The molecule has 0 fully saturated rings. The SMILES string of the molecule is Cc1ccc(C(=O)P(=O)(OCC(F)(F)F)OCC(F)(F)F)cc1. The number of carbonyl (C=O) groups is 1. The van der Waals surface area contributed by atoms with Gasteiger partial charge < -0.3 is 0 Å². The molecule has 0 aliphatic heterocycles. The maximum Gasteiger partial charge on any atom is 0.412 e. The van der Waals surface area contributed by atoms with Gasteiger partial charge in [-0.2, -0.15) is 26.3 Å². The quantitative estimate of drug-likeness (QED) is 0.552.